The van der Waals surface area contributed by atoms with Crippen LogP contribution in [0.15, 0.2) is 67.0 Å². The van der Waals surface area contributed by atoms with E-state index in [1.165, 1.54) is 36.7 Å². The van der Waals surface area contributed by atoms with Gasteiger partial charge in [0.15, 0.2) is 11.5 Å². The highest BCUT2D eigenvalue weighted by atomic mass is 19.1. The number of anilines is 2. The Morgan fingerprint density at radius 3 is 2.33 bits per heavy atom. The summed E-state index contributed by atoms with van der Waals surface area (Å²) >= 11 is 0. The van der Waals surface area contributed by atoms with E-state index >= 15 is 0 Å². The number of rotatable bonds is 5. The molecule has 1 aromatic heterocycles. The van der Waals surface area contributed by atoms with Crippen LogP contribution in [0.2, 0.25) is 0 Å². The van der Waals surface area contributed by atoms with E-state index in [-0.39, 0.29) is 11.5 Å². The Morgan fingerprint density at radius 1 is 1.00 bits per heavy atom. The lowest BCUT2D eigenvalue weighted by atomic mass is 10.1. The normalized spacial score (nSPS) is 11.4. The smallest absolute Gasteiger partial charge is 0.361 e. The second-order valence-corrected chi connectivity index (χ2v) is 5.48. The number of nitrogens with one attached hydrogen (secondary N) is 1. The lowest BCUT2D eigenvalue weighted by Gasteiger charge is -2.18. The number of nitrogens with two attached hydrogens (primary N) is 1. The topological polar surface area (TPSA) is 107 Å². The molecule has 1 heterocycles. The quantitative estimate of drug-likeness (QED) is 0.673. The Morgan fingerprint density at radius 2 is 1.67 bits per heavy atom. The Balaban J connectivity index is 1.85. The lowest BCUT2D eigenvalue weighted by molar-refractivity contribution is -0.125. The van der Waals surface area contributed by atoms with E-state index in [2.05, 4.69) is 15.3 Å². The number of benzene rings is 2. The summed E-state index contributed by atoms with van der Waals surface area (Å²) < 4.78 is 18.4. The molecular weight excluding hydrogens is 351 g/mol. The molecule has 3 N–H and O–H groups in total. The minimum absolute atomic E-state index is 0.103. The molecule has 3 rings (SSSR count). The van der Waals surface area contributed by atoms with E-state index in [9.17, 15) is 14.0 Å². The van der Waals surface area contributed by atoms with Crippen LogP contribution in [-0.2, 0) is 9.53 Å². The second kappa shape index (κ2) is 8.05. The first kappa shape index (κ1) is 18.0. The summed E-state index contributed by atoms with van der Waals surface area (Å²) in [6.45, 7) is 0. The zero-order valence-electron chi connectivity index (χ0n) is 14.0. The maximum Gasteiger partial charge on any atom is 0.361 e. The summed E-state index contributed by atoms with van der Waals surface area (Å²) in [7, 11) is 0. The fourth-order valence-corrected chi connectivity index (χ4v) is 2.31. The van der Waals surface area contributed by atoms with Crippen molar-refractivity contribution < 1.29 is 18.7 Å². The van der Waals surface area contributed by atoms with Gasteiger partial charge in [-0.1, -0.05) is 30.3 Å². The van der Waals surface area contributed by atoms with Gasteiger partial charge in [0.25, 0.3) is 5.91 Å². The Bertz CT molecular complexity index is 949. The van der Waals surface area contributed by atoms with Crippen molar-refractivity contribution in [2.24, 2.45) is 0 Å². The third kappa shape index (κ3) is 4.43. The summed E-state index contributed by atoms with van der Waals surface area (Å²) in [6, 6.07) is 13.7. The van der Waals surface area contributed by atoms with Gasteiger partial charge in [-0.3, -0.25) is 4.79 Å². The molecule has 0 spiro atoms. The van der Waals surface area contributed by atoms with E-state index in [1.807, 2.05) is 0 Å². The maximum atomic E-state index is 13.0. The number of ether oxygens (including phenoxy) is 1. The summed E-state index contributed by atoms with van der Waals surface area (Å²) in [4.78, 5) is 32.7. The number of carbonyl (C=O) groups is 2. The summed E-state index contributed by atoms with van der Waals surface area (Å²) in [5.41, 5.74) is 6.26. The molecule has 2 aromatic carbocycles. The molecule has 0 aliphatic rings. The monoisotopic (exact) mass is 366 g/mol. The molecule has 0 radical (unpaired) electrons. The van der Waals surface area contributed by atoms with Crippen LogP contribution in [0.3, 0.4) is 0 Å². The van der Waals surface area contributed by atoms with Crippen molar-refractivity contribution in [2.45, 2.75) is 6.10 Å². The zero-order chi connectivity index (χ0) is 19.2. The first-order valence-electron chi connectivity index (χ1n) is 7.93. The van der Waals surface area contributed by atoms with Crippen LogP contribution in [0.5, 0.6) is 0 Å². The molecule has 0 bridgehead atoms. The molecule has 7 nitrogen and oxygen atoms in total. The predicted octanol–water partition coefficient (Wildman–Crippen LogP) is 2.73. The minimum Gasteiger partial charge on any atom is -0.442 e. The first-order valence-corrected chi connectivity index (χ1v) is 7.93. The summed E-state index contributed by atoms with van der Waals surface area (Å²) in [6.07, 6.45) is 1.37. The molecule has 1 amide bonds. The van der Waals surface area contributed by atoms with Crippen LogP contribution < -0.4 is 11.1 Å². The van der Waals surface area contributed by atoms with E-state index in [0.717, 1.165) is 0 Å². The molecule has 0 aliphatic heterocycles. The minimum atomic E-state index is -1.26. The van der Waals surface area contributed by atoms with Crippen molar-refractivity contribution in [1.29, 1.82) is 0 Å². The van der Waals surface area contributed by atoms with E-state index in [0.29, 0.717) is 11.3 Å². The van der Waals surface area contributed by atoms with Gasteiger partial charge in [-0.25, -0.2) is 19.2 Å². The molecule has 136 valence electrons. The molecule has 0 unspecified atom stereocenters. The van der Waals surface area contributed by atoms with Crippen LogP contribution in [0, 0.1) is 5.82 Å². The number of nitrogens with zero attached hydrogens (tertiary/aromatic N) is 2. The molecule has 27 heavy (non-hydrogen) atoms. The van der Waals surface area contributed by atoms with Crippen molar-refractivity contribution in [3.05, 3.63) is 84.1 Å². The number of hydrogen-bond acceptors (Lipinski definition) is 6. The maximum absolute atomic E-state index is 13.0. The van der Waals surface area contributed by atoms with Crippen LogP contribution >= 0.6 is 0 Å². The van der Waals surface area contributed by atoms with Gasteiger partial charge in [0.1, 0.15) is 5.82 Å². The van der Waals surface area contributed by atoms with Gasteiger partial charge in [-0.2, -0.15) is 0 Å². The average molecular weight is 366 g/mol. The lowest BCUT2D eigenvalue weighted by Crippen LogP contribution is -2.26. The van der Waals surface area contributed by atoms with Crippen molar-refractivity contribution in [3.8, 4) is 0 Å². The van der Waals surface area contributed by atoms with E-state index in [4.69, 9.17) is 10.5 Å². The van der Waals surface area contributed by atoms with Gasteiger partial charge in [-0.05, 0) is 24.3 Å². The molecule has 0 saturated heterocycles. The molecule has 0 saturated carbocycles. The van der Waals surface area contributed by atoms with Gasteiger partial charge in [0, 0.05) is 23.6 Å². The molecule has 0 aliphatic carbocycles. The van der Waals surface area contributed by atoms with Gasteiger partial charge < -0.3 is 15.8 Å². The summed E-state index contributed by atoms with van der Waals surface area (Å²) in [5, 5.41) is 2.59. The van der Waals surface area contributed by atoms with Crippen LogP contribution in [-0.4, -0.2) is 21.8 Å². The van der Waals surface area contributed by atoms with Crippen LogP contribution in [0.4, 0.5) is 15.9 Å². The fourth-order valence-electron chi connectivity index (χ4n) is 2.31. The average Bonchev–Trinajstić information content (AvgIpc) is 2.68. The number of halogens is 1. The first-order chi connectivity index (χ1) is 13.0. The van der Waals surface area contributed by atoms with Crippen molar-refractivity contribution in [3.63, 3.8) is 0 Å². The highest BCUT2D eigenvalue weighted by Gasteiger charge is 2.27. The second-order valence-electron chi connectivity index (χ2n) is 5.48. The van der Waals surface area contributed by atoms with Crippen molar-refractivity contribution >= 4 is 23.4 Å². The third-order valence-electron chi connectivity index (χ3n) is 3.60. The molecular formula is C19H15FN4O3. The number of hydrogen-bond donors (Lipinski definition) is 2. The van der Waals surface area contributed by atoms with Crippen molar-refractivity contribution in [2.75, 3.05) is 11.1 Å². The van der Waals surface area contributed by atoms with E-state index < -0.39 is 23.8 Å². The van der Waals surface area contributed by atoms with Crippen LogP contribution in [0.1, 0.15) is 22.2 Å². The van der Waals surface area contributed by atoms with Gasteiger partial charge >= 0.3 is 5.97 Å². The number of amides is 1. The molecule has 1 atom stereocenters. The number of aromatic nitrogens is 2. The number of nitrogen functional groups attached to an aromatic ring is 1. The standard InChI is InChI=1S/C19H15FN4O3/c20-13-6-8-14(9-7-13)24-18(25)16(12-4-2-1-3-5-12)27-19(26)15-17(21)23-11-10-22-15/h1-11,16H,(H2,21,23)(H,24,25)/t16-/m1/s1. The number of carbonyl (C=O) groups excluding carboxylic acids is 2. The summed E-state index contributed by atoms with van der Waals surface area (Å²) in [5.74, 6) is -2.03. The van der Waals surface area contributed by atoms with Gasteiger partial charge in [-0.15, -0.1) is 0 Å². The Hall–Kier alpha value is -3.81. The molecule has 3 aromatic rings. The van der Waals surface area contributed by atoms with Crippen LogP contribution in [0.25, 0.3) is 0 Å². The SMILES string of the molecule is Nc1nccnc1C(=O)O[C@@H](C(=O)Nc1ccc(F)cc1)c1ccccc1. The number of esters is 1. The highest BCUT2D eigenvalue weighted by molar-refractivity contribution is 5.98. The van der Waals surface area contributed by atoms with Gasteiger partial charge in [0.05, 0.1) is 0 Å². The van der Waals surface area contributed by atoms with Gasteiger partial charge in [0.2, 0.25) is 6.10 Å². The third-order valence-corrected chi connectivity index (χ3v) is 3.60. The van der Waals surface area contributed by atoms with E-state index in [1.54, 1.807) is 30.3 Å². The molecule has 0 fully saturated rings. The predicted molar refractivity (Wildman–Crippen MR) is 96.1 cm³/mol. The molecule has 8 heteroatoms. The van der Waals surface area contributed by atoms with Crippen molar-refractivity contribution in [1.82, 2.24) is 9.97 Å². The fraction of sp³-hybridized carbons (Fsp3) is 0.0526. The highest BCUT2D eigenvalue weighted by Crippen LogP contribution is 2.22. The Labute approximate surface area is 154 Å². The zero-order valence-corrected chi connectivity index (χ0v) is 14.0. The Kier molecular flexibility index (Phi) is 5.36. The largest absolute Gasteiger partial charge is 0.442 e.